The quantitative estimate of drug-likeness (QED) is 0.597. The normalized spacial score (nSPS) is 13.5. The zero-order valence-corrected chi connectivity index (χ0v) is 12.1. The molecule has 0 fully saturated rings. The van der Waals surface area contributed by atoms with Gasteiger partial charge in [0, 0.05) is 10.4 Å². The van der Waals surface area contributed by atoms with Crippen LogP contribution in [0, 0.1) is 0 Å². The molecule has 1 aromatic carbocycles. The molecule has 1 atom stereocenters. The zero-order chi connectivity index (χ0) is 11.5. The molecule has 84 valence electrons. The highest BCUT2D eigenvalue weighted by molar-refractivity contribution is 9.13. The van der Waals surface area contributed by atoms with E-state index in [1.165, 1.54) is 12.1 Å². The van der Waals surface area contributed by atoms with E-state index in [1.807, 2.05) is 0 Å². The summed E-state index contributed by atoms with van der Waals surface area (Å²) in [6, 6.07) is 6.11. The lowest BCUT2D eigenvalue weighted by Crippen LogP contribution is -2.21. The molecule has 0 bridgehead atoms. The van der Waals surface area contributed by atoms with Crippen LogP contribution in [0.2, 0.25) is 5.02 Å². The van der Waals surface area contributed by atoms with Gasteiger partial charge in [0.25, 0.3) is 0 Å². The highest BCUT2D eigenvalue weighted by Crippen LogP contribution is 2.21. The van der Waals surface area contributed by atoms with Crippen molar-refractivity contribution < 1.29 is 12.6 Å². The van der Waals surface area contributed by atoms with Crippen LogP contribution in [0.3, 0.4) is 0 Å². The Morgan fingerprint density at radius 3 is 2.33 bits per heavy atom. The molecule has 0 aliphatic carbocycles. The third-order valence-corrected chi connectivity index (χ3v) is 6.57. The molecular formula is C8H7Br2ClO3S. The molecule has 1 aromatic rings. The first kappa shape index (κ1) is 13.3. The van der Waals surface area contributed by atoms with Crippen LogP contribution < -0.4 is 4.18 Å². The molecule has 0 amide bonds. The summed E-state index contributed by atoms with van der Waals surface area (Å²) in [5.74, 6) is 0.241. The van der Waals surface area contributed by atoms with Crippen molar-refractivity contribution in [1.29, 1.82) is 0 Å². The van der Waals surface area contributed by atoms with E-state index in [0.29, 0.717) is 5.02 Å². The first-order valence-corrected chi connectivity index (χ1v) is 7.73. The van der Waals surface area contributed by atoms with Crippen molar-refractivity contribution in [3.05, 3.63) is 29.3 Å². The minimum Gasteiger partial charge on any atom is -0.382 e. The lowest BCUT2D eigenvalue weighted by atomic mass is 10.3. The molecule has 7 heteroatoms. The van der Waals surface area contributed by atoms with E-state index in [1.54, 1.807) is 12.1 Å². The van der Waals surface area contributed by atoms with Gasteiger partial charge in [-0.2, -0.15) is 8.42 Å². The summed E-state index contributed by atoms with van der Waals surface area (Å²) < 4.78 is 27.0. The summed E-state index contributed by atoms with van der Waals surface area (Å²) in [5, 5.41) is 0.777. The Hall–Kier alpha value is 0.220. The van der Waals surface area contributed by atoms with E-state index >= 15 is 0 Å². The fourth-order valence-electron chi connectivity index (χ4n) is 0.754. The lowest BCUT2D eigenvalue weighted by Gasteiger charge is -2.09. The highest BCUT2D eigenvalue weighted by Gasteiger charge is 2.23. The first-order chi connectivity index (χ1) is 6.95. The molecule has 0 radical (unpaired) electrons. The van der Waals surface area contributed by atoms with E-state index in [2.05, 4.69) is 31.9 Å². The number of alkyl halides is 2. The van der Waals surface area contributed by atoms with Crippen LogP contribution in [-0.4, -0.2) is 17.9 Å². The van der Waals surface area contributed by atoms with Crippen molar-refractivity contribution in [1.82, 2.24) is 0 Å². The van der Waals surface area contributed by atoms with Crippen molar-refractivity contribution in [2.75, 3.05) is 5.33 Å². The van der Waals surface area contributed by atoms with Gasteiger partial charge in [0.05, 0.1) is 0 Å². The number of benzene rings is 1. The van der Waals surface area contributed by atoms with Crippen LogP contribution in [0.4, 0.5) is 0 Å². The molecule has 0 saturated carbocycles. The molecule has 0 aliphatic rings. The Balaban J connectivity index is 2.82. The molecule has 0 saturated heterocycles. The van der Waals surface area contributed by atoms with Gasteiger partial charge < -0.3 is 4.18 Å². The molecular weight excluding hydrogens is 371 g/mol. The third kappa shape index (κ3) is 3.94. The molecule has 0 N–H and O–H groups in total. The average Bonchev–Trinajstić information content (AvgIpc) is 2.20. The largest absolute Gasteiger partial charge is 0.382 e. The summed E-state index contributed by atoms with van der Waals surface area (Å²) in [4.78, 5) is 0. The van der Waals surface area contributed by atoms with E-state index in [9.17, 15) is 8.42 Å². The van der Waals surface area contributed by atoms with E-state index in [0.717, 1.165) is 0 Å². The van der Waals surface area contributed by atoms with Gasteiger partial charge in [-0.05, 0) is 24.3 Å². The molecule has 1 unspecified atom stereocenters. The van der Waals surface area contributed by atoms with Crippen LogP contribution in [0.15, 0.2) is 24.3 Å². The SMILES string of the molecule is O=S(=O)(Oc1ccc(Cl)cc1)C(Br)CBr. The molecule has 3 nitrogen and oxygen atoms in total. The van der Waals surface area contributed by atoms with Gasteiger partial charge in [0.1, 0.15) is 5.75 Å². The van der Waals surface area contributed by atoms with Crippen LogP contribution in [0.1, 0.15) is 0 Å². The molecule has 15 heavy (non-hydrogen) atoms. The van der Waals surface area contributed by atoms with Crippen LogP contribution >= 0.6 is 43.5 Å². The topological polar surface area (TPSA) is 43.4 Å². The standard InChI is InChI=1S/C8H7Br2ClO3S/c9-5-8(10)15(12,13)14-7-3-1-6(11)2-4-7/h1-4,8H,5H2. The second-order valence-electron chi connectivity index (χ2n) is 2.59. The molecule has 0 spiro atoms. The summed E-state index contributed by atoms with van der Waals surface area (Å²) in [6.07, 6.45) is 0. The average molecular weight is 378 g/mol. The Morgan fingerprint density at radius 2 is 1.87 bits per heavy atom. The van der Waals surface area contributed by atoms with Gasteiger partial charge in [-0.1, -0.05) is 43.5 Å². The molecule has 0 aliphatic heterocycles. The molecule has 0 aromatic heterocycles. The van der Waals surface area contributed by atoms with Crippen LogP contribution in [0.25, 0.3) is 0 Å². The van der Waals surface area contributed by atoms with Crippen LogP contribution in [-0.2, 0) is 10.1 Å². The van der Waals surface area contributed by atoms with Crippen molar-refractivity contribution in [3.63, 3.8) is 0 Å². The van der Waals surface area contributed by atoms with Crippen molar-refractivity contribution in [2.24, 2.45) is 0 Å². The second kappa shape index (κ2) is 5.52. The predicted molar refractivity (Wildman–Crippen MR) is 67.5 cm³/mol. The monoisotopic (exact) mass is 376 g/mol. The number of rotatable bonds is 4. The molecule has 0 heterocycles. The van der Waals surface area contributed by atoms with E-state index in [-0.39, 0.29) is 11.1 Å². The van der Waals surface area contributed by atoms with E-state index < -0.39 is 14.3 Å². The predicted octanol–water partition coefficient (Wildman–Crippen LogP) is 3.16. The fraction of sp³-hybridized carbons (Fsp3) is 0.250. The van der Waals surface area contributed by atoms with Crippen molar-refractivity contribution in [3.8, 4) is 5.75 Å². The Morgan fingerprint density at radius 1 is 1.33 bits per heavy atom. The minimum atomic E-state index is -3.65. The lowest BCUT2D eigenvalue weighted by molar-refractivity contribution is 0.486. The van der Waals surface area contributed by atoms with Gasteiger partial charge in [-0.25, -0.2) is 0 Å². The maximum Gasteiger partial charge on any atom is 0.323 e. The first-order valence-electron chi connectivity index (χ1n) is 3.84. The zero-order valence-electron chi connectivity index (χ0n) is 7.36. The van der Waals surface area contributed by atoms with Gasteiger partial charge in [0.2, 0.25) is 0 Å². The maximum absolute atomic E-state index is 11.5. The summed E-state index contributed by atoms with van der Waals surface area (Å²) in [6.45, 7) is 0. The van der Waals surface area contributed by atoms with Gasteiger partial charge in [-0.15, -0.1) is 0 Å². The third-order valence-electron chi connectivity index (χ3n) is 1.46. The van der Waals surface area contributed by atoms with Crippen molar-refractivity contribution in [2.45, 2.75) is 4.16 Å². The second-order valence-corrected chi connectivity index (χ2v) is 7.11. The Bertz CT molecular complexity index is 418. The highest BCUT2D eigenvalue weighted by atomic mass is 79.9. The number of hydrogen-bond donors (Lipinski definition) is 0. The van der Waals surface area contributed by atoms with E-state index in [4.69, 9.17) is 15.8 Å². The summed E-state index contributed by atoms with van der Waals surface area (Å²) in [7, 11) is -3.65. The van der Waals surface area contributed by atoms with Gasteiger partial charge in [-0.3, -0.25) is 0 Å². The summed E-state index contributed by atoms with van der Waals surface area (Å²) >= 11 is 11.7. The van der Waals surface area contributed by atoms with Crippen molar-refractivity contribution >= 4 is 53.6 Å². The fourth-order valence-corrected chi connectivity index (χ4v) is 2.72. The molecule has 1 rings (SSSR count). The van der Waals surface area contributed by atoms with Crippen LogP contribution in [0.5, 0.6) is 5.75 Å². The van der Waals surface area contributed by atoms with Gasteiger partial charge in [0.15, 0.2) is 4.16 Å². The minimum absolute atomic E-state index is 0.241. The van der Waals surface area contributed by atoms with Gasteiger partial charge >= 0.3 is 10.1 Å². The summed E-state index contributed by atoms with van der Waals surface area (Å²) in [5.41, 5.74) is 0. The maximum atomic E-state index is 11.5. The Labute approximate surface area is 110 Å². The Kier molecular flexibility index (Phi) is 4.89. The number of hydrogen-bond acceptors (Lipinski definition) is 3. The number of halogens is 3. The smallest absolute Gasteiger partial charge is 0.323 e.